The first-order valence-electron chi connectivity index (χ1n) is 5.82. The molecule has 1 aromatic carbocycles. The molecule has 1 fully saturated rings. The van der Waals surface area contributed by atoms with Crippen LogP contribution in [0.4, 0.5) is 4.79 Å². The lowest BCUT2D eigenvalue weighted by atomic mass is 10.2. The SMILES string of the molecule is O=C1NC(=O)/C(=C/c2ccc(-c3ccccc3Cl)o2)N1. The molecule has 100 valence electrons. The van der Waals surface area contributed by atoms with Gasteiger partial charge in [-0.25, -0.2) is 4.79 Å². The minimum atomic E-state index is -0.542. The smallest absolute Gasteiger partial charge is 0.326 e. The van der Waals surface area contributed by atoms with Crippen LogP contribution in [-0.4, -0.2) is 11.9 Å². The first-order valence-corrected chi connectivity index (χ1v) is 6.20. The molecule has 6 heteroatoms. The van der Waals surface area contributed by atoms with Crippen molar-refractivity contribution in [1.82, 2.24) is 10.6 Å². The molecule has 2 aromatic rings. The number of nitrogens with one attached hydrogen (secondary N) is 2. The third kappa shape index (κ3) is 2.31. The van der Waals surface area contributed by atoms with Crippen LogP contribution in [-0.2, 0) is 4.79 Å². The van der Waals surface area contributed by atoms with Gasteiger partial charge >= 0.3 is 6.03 Å². The van der Waals surface area contributed by atoms with Crippen molar-refractivity contribution in [2.24, 2.45) is 0 Å². The summed E-state index contributed by atoms with van der Waals surface area (Å²) in [6, 6.07) is 10.2. The van der Waals surface area contributed by atoms with Gasteiger partial charge in [0.2, 0.25) is 0 Å². The Hall–Kier alpha value is -2.53. The minimum Gasteiger partial charge on any atom is -0.457 e. The summed E-state index contributed by atoms with van der Waals surface area (Å²) in [5.74, 6) is 0.560. The highest BCUT2D eigenvalue weighted by Gasteiger charge is 2.23. The summed E-state index contributed by atoms with van der Waals surface area (Å²) in [5.41, 5.74) is 0.911. The zero-order valence-electron chi connectivity index (χ0n) is 10.1. The van der Waals surface area contributed by atoms with Gasteiger partial charge in [0.1, 0.15) is 17.2 Å². The molecule has 2 N–H and O–H groups in total. The van der Waals surface area contributed by atoms with E-state index < -0.39 is 11.9 Å². The molecule has 0 aliphatic carbocycles. The maximum absolute atomic E-state index is 11.4. The van der Waals surface area contributed by atoms with Crippen LogP contribution in [0.3, 0.4) is 0 Å². The summed E-state index contributed by atoms with van der Waals surface area (Å²) in [7, 11) is 0. The van der Waals surface area contributed by atoms with Crippen molar-refractivity contribution in [3.8, 4) is 11.3 Å². The Morgan fingerprint density at radius 1 is 1.05 bits per heavy atom. The van der Waals surface area contributed by atoms with E-state index in [0.717, 1.165) is 5.56 Å². The van der Waals surface area contributed by atoms with E-state index in [-0.39, 0.29) is 5.70 Å². The summed E-state index contributed by atoms with van der Waals surface area (Å²) in [5, 5.41) is 5.08. The second kappa shape index (κ2) is 4.86. The minimum absolute atomic E-state index is 0.148. The van der Waals surface area contributed by atoms with Crippen LogP contribution >= 0.6 is 11.6 Å². The summed E-state index contributed by atoms with van der Waals surface area (Å²) in [4.78, 5) is 22.4. The molecule has 5 nitrogen and oxygen atoms in total. The standard InChI is InChI=1S/C14H9ClN2O3/c15-10-4-2-1-3-9(10)12-6-5-8(20-12)7-11-13(18)17-14(19)16-11/h1-7H,(H2,16,17,18,19)/b11-7-. The van der Waals surface area contributed by atoms with Gasteiger partial charge in [-0.05, 0) is 24.3 Å². The topological polar surface area (TPSA) is 71.3 Å². The molecular formula is C14H9ClN2O3. The molecule has 3 amide bonds. The summed E-state index contributed by atoms with van der Waals surface area (Å²) < 4.78 is 5.60. The van der Waals surface area contributed by atoms with Crippen LogP contribution < -0.4 is 10.6 Å². The van der Waals surface area contributed by atoms with Crippen LogP contribution in [0, 0.1) is 0 Å². The highest BCUT2D eigenvalue weighted by molar-refractivity contribution is 6.33. The average Bonchev–Trinajstić information content (AvgIpc) is 2.98. The Bertz CT molecular complexity index is 734. The zero-order valence-corrected chi connectivity index (χ0v) is 10.9. The van der Waals surface area contributed by atoms with Gasteiger partial charge in [0, 0.05) is 11.6 Å². The fourth-order valence-electron chi connectivity index (χ4n) is 1.86. The van der Waals surface area contributed by atoms with Gasteiger partial charge in [-0.15, -0.1) is 0 Å². The Kier molecular flexibility index (Phi) is 3.04. The Morgan fingerprint density at radius 3 is 2.55 bits per heavy atom. The second-order valence-corrected chi connectivity index (χ2v) is 4.56. The number of carbonyl (C=O) groups excluding carboxylic acids is 2. The molecule has 1 aliphatic heterocycles. The van der Waals surface area contributed by atoms with Gasteiger partial charge in [0.05, 0.1) is 5.02 Å². The van der Waals surface area contributed by atoms with Crippen molar-refractivity contribution in [1.29, 1.82) is 0 Å². The molecule has 0 spiro atoms. The Morgan fingerprint density at radius 2 is 1.85 bits per heavy atom. The maximum atomic E-state index is 11.4. The van der Waals surface area contributed by atoms with Crippen molar-refractivity contribution in [3.05, 3.63) is 52.9 Å². The molecule has 2 heterocycles. The van der Waals surface area contributed by atoms with Gasteiger partial charge in [0.25, 0.3) is 5.91 Å². The third-order valence-electron chi connectivity index (χ3n) is 2.77. The van der Waals surface area contributed by atoms with Gasteiger partial charge in [0.15, 0.2) is 0 Å². The van der Waals surface area contributed by atoms with Crippen molar-refractivity contribution in [2.75, 3.05) is 0 Å². The van der Waals surface area contributed by atoms with Crippen molar-refractivity contribution in [3.63, 3.8) is 0 Å². The number of carbonyl (C=O) groups is 2. The predicted molar refractivity (Wildman–Crippen MR) is 73.8 cm³/mol. The molecule has 0 unspecified atom stereocenters. The average molecular weight is 289 g/mol. The molecular weight excluding hydrogens is 280 g/mol. The number of hydrogen-bond acceptors (Lipinski definition) is 3. The first-order chi connectivity index (χ1) is 9.63. The van der Waals surface area contributed by atoms with E-state index in [1.807, 2.05) is 18.2 Å². The first kappa shape index (κ1) is 12.5. The molecule has 20 heavy (non-hydrogen) atoms. The number of rotatable bonds is 2. The quantitative estimate of drug-likeness (QED) is 0.659. The van der Waals surface area contributed by atoms with E-state index in [4.69, 9.17) is 16.0 Å². The van der Waals surface area contributed by atoms with Crippen LogP contribution in [0.15, 0.2) is 46.5 Å². The number of furan rings is 1. The second-order valence-electron chi connectivity index (χ2n) is 4.15. The van der Waals surface area contributed by atoms with Gasteiger partial charge in [-0.1, -0.05) is 23.7 Å². The van der Waals surface area contributed by atoms with Crippen molar-refractivity contribution < 1.29 is 14.0 Å². The lowest BCUT2D eigenvalue weighted by Crippen LogP contribution is -2.22. The number of urea groups is 1. The lowest BCUT2D eigenvalue weighted by Gasteiger charge is -1.99. The fraction of sp³-hybridized carbons (Fsp3) is 0. The number of imide groups is 1. The van der Waals surface area contributed by atoms with E-state index in [2.05, 4.69) is 10.6 Å². The summed E-state index contributed by atoms with van der Waals surface area (Å²) in [6.45, 7) is 0. The normalized spacial score (nSPS) is 16.4. The van der Waals surface area contributed by atoms with Crippen LogP contribution in [0.1, 0.15) is 5.76 Å². The maximum Gasteiger partial charge on any atom is 0.326 e. The van der Waals surface area contributed by atoms with E-state index in [1.165, 1.54) is 6.08 Å². The molecule has 0 saturated carbocycles. The number of amides is 3. The van der Waals surface area contributed by atoms with E-state index in [0.29, 0.717) is 16.5 Å². The molecule has 1 saturated heterocycles. The molecule has 0 bridgehead atoms. The van der Waals surface area contributed by atoms with Gasteiger partial charge in [-0.2, -0.15) is 0 Å². The molecule has 0 atom stereocenters. The third-order valence-corrected chi connectivity index (χ3v) is 3.10. The van der Waals surface area contributed by atoms with E-state index in [1.54, 1.807) is 18.2 Å². The highest BCUT2D eigenvalue weighted by atomic mass is 35.5. The molecule has 3 rings (SSSR count). The summed E-state index contributed by atoms with van der Waals surface area (Å²) >= 11 is 6.08. The molecule has 0 radical (unpaired) electrons. The van der Waals surface area contributed by atoms with Crippen LogP contribution in [0.2, 0.25) is 5.02 Å². The van der Waals surface area contributed by atoms with Gasteiger partial charge < -0.3 is 9.73 Å². The Labute approximate surface area is 119 Å². The largest absolute Gasteiger partial charge is 0.457 e. The zero-order chi connectivity index (χ0) is 14.1. The number of hydrogen-bond donors (Lipinski definition) is 2. The molecule has 1 aromatic heterocycles. The predicted octanol–water partition coefficient (Wildman–Crippen LogP) is 2.78. The number of halogens is 1. The van der Waals surface area contributed by atoms with Crippen molar-refractivity contribution in [2.45, 2.75) is 0 Å². The number of benzene rings is 1. The lowest BCUT2D eigenvalue weighted by molar-refractivity contribution is -0.115. The molecule has 1 aliphatic rings. The fourth-order valence-corrected chi connectivity index (χ4v) is 2.09. The Balaban J connectivity index is 1.92. The summed E-state index contributed by atoms with van der Waals surface area (Å²) in [6.07, 6.45) is 1.46. The van der Waals surface area contributed by atoms with Crippen molar-refractivity contribution >= 4 is 29.6 Å². The van der Waals surface area contributed by atoms with Crippen LogP contribution in [0.5, 0.6) is 0 Å². The van der Waals surface area contributed by atoms with E-state index >= 15 is 0 Å². The monoisotopic (exact) mass is 288 g/mol. The highest BCUT2D eigenvalue weighted by Crippen LogP contribution is 2.29. The van der Waals surface area contributed by atoms with Crippen LogP contribution in [0.25, 0.3) is 17.4 Å². The van der Waals surface area contributed by atoms with E-state index in [9.17, 15) is 9.59 Å². The van der Waals surface area contributed by atoms with Gasteiger partial charge in [-0.3, -0.25) is 10.1 Å².